The van der Waals surface area contributed by atoms with Gasteiger partial charge >= 0.3 is 6.61 Å². The Kier molecular flexibility index (Phi) is 5.62. The maximum atomic E-state index is 12.4. The number of nitrogens with one attached hydrogen (secondary N) is 1. The molecule has 6 nitrogen and oxygen atoms in total. The van der Waals surface area contributed by atoms with E-state index in [9.17, 15) is 13.6 Å². The first-order valence-corrected chi connectivity index (χ1v) is 7.25. The second-order valence-electron chi connectivity index (χ2n) is 5.19. The number of ether oxygens (including phenoxy) is 1. The van der Waals surface area contributed by atoms with Gasteiger partial charge in [-0.05, 0) is 39.0 Å². The number of carbonyl (C=O) groups excluding carboxylic acids is 1. The summed E-state index contributed by atoms with van der Waals surface area (Å²) >= 11 is 0. The van der Waals surface area contributed by atoms with Crippen LogP contribution in [0, 0.1) is 13.8 Å². The van der Waals surface area contributed by atoms with Crippen molar-refractivity contribution in [1.29, 1.82) is 0 Å². The Labute approximate surface area is 138 Å². The minimum atomic E-state index is -2.93. The fourth-order valence-electron chi connectivity index (χ4n) is 2.18. The molecule has 1 amide bonds. The number of halogens is 2. The number of para-hydroxylation sites is 1. The number of alkyl halides is 2. The molecule has 8 heteroatoms. The maximum Gasteiger partial charge on any atom is 0.387 e. The summed E-state index contributed by atoms with van der Waals surface area (Å²) in [5.74, 6) is -0.366. The largest absolute Gasteiger partial charge is 0.434 e. The van der Waals surface area contributed by atoms with E-state index >= 15 is 0 Å². The minimum absolute atomic E-state index is 0.00143. The van der Waals surface area contributed by atoms with Crippen LogP contribution in [0.3, 0.4) is 0 Å². The van der Waals surface area contributed by atoms with Gasteiger partial charge in [0.15, 0.2) is 0 Å². The van der Waals surface area contributed by atoms with Gasteiger partial charge in [0, 0.05) is 11.3 Å². The molecule has 0 radical (unpaired) electrons. The van der Waals surface area contributed by atoms with Crippen molar-refractivity contribution < 1.29 is 18.3 Å². The molecule has 1 heterocycles. The molecule has 0 bridgehead atoms. The van der Waals surface area contributed by atoms with E-state index in [1.807, 2.05) is 19.9 Å². The zero-order valence-corrected chi connectivity index (χ0v) is 13.6. The molecular formula is C16H18F2N4O2. The molecular weight excluding hydrogens is 318 g/mol. The van der Waals surface area contributed by atoms with Gasteiger partial charge < -0.3 is 4.74 Å². The number of amides is 1. The van der Waals surface area contributed by atoms with Crippen molar-refractivity contribution in [2.75, 3.05) is 0 Å². The molecule has 128 valence electrons. The van der Waals surface area contributed by atoms with Crippen LogP contribution < -0.4 is 10.2 Å². The highest BCUT2D eigenvalue weighted by molar-refractivity contribution is 6.01. The summed E-state index contributed by atoms with van der Waals surface area (Å²) in [6, 6.07) is 8.11. The van der Waals surface area contributed by atoms with Gasteiger partial charge in [0.2, 0.25) is 0 Å². The van der Waals surface area contributed by atoms with Gasteiger partial charge in [-0.1, -0.05) is 12.1 Å². The van der Waals surface area contributed by atoms with Gasteiger partial charge in [0.1, 0.15) is 12.3 Å². The monoisotopic (exact) mass is 336 g/mol. The van der Waals surface area contributed by atoms with Crippen molar-refractivity contribution in [3.8, 4) is 5.75 Å². The van der Waals surface area contributed by atoms with Crippen LogP contribution in [-0.4, -0.2) is 28.0 Å². The molecule has 0 aliphatic rings. The molecule has 0 aliphatic carbocycles. The molecule has 0 spiro atoms. The summed E-state index contributed by atoms with van der Waals surface area (Å²) < 4.78 is 30.8. The standard InChI is InChI=1S/C16H18F2N4O2/c1-10-8-11(2)22(21-10)9-15(23)20-19-12(3)13-6-4-5-7-14(13)24-16(17)18/h4-8,16H,9H2,1-3H3,(H,20,23)/b19-12+. The second kappa shape index (κ2) is 7.67. The van der Waals surface area contributed by atoms with E-state index in [-0.39, 0.29) is 18.2 Å². The number of aromatic nitrogens is 2. The highest BCUT2D eigenvalue weighted by atomic mass is 19.3. The molecule has 1 aromatic heterocycles. The minimum Gasteiger partial charge on any atom is -0.434 e. The highest BCUT2D eigenvalue weighted by Crippen LogP contribution is 2.20. The number of benzene rings is 1. The number of hydrogen-bond acceptors (Lipinski definition) is 4. The van der Waals surface area contributed by atoms with Crippen LogP contribution in [0.25, 0.3) is 0 Å². The maximum absolute atomic E-state index is 12.4. The number of hydrogen-bond donors (Lipinski definition) is 1. The van der Waals surface area contributed by atoms with E-state index in [4.69, 9.17) is 0 Å². The molecule has 0 saturated carbocycles. The van der Waals surface area contributed by atoms with E-state index in [1.54, 1.807) is 29.8 Å². The number of nitrogens with zero attached hydrogens (tertiary/aromatic N) is 3. The topological polar surface area (TPSA) is 68.5 Å². The Hall–Kier alpha value is -2.77. The lowest BCUT2D eigenvalue weighted by atomic mass is 10.1. The summed E-state index contributed by atoms with van der Waals surface area (Å²) in [7, 11) is 0. The van der Waals surface area contributed by atoms with Gasteiger partial charge in [-0.2, -0.15) is 19.0 Å². The van der Waals surface area contributed by atoms with E-state index in [2.05, 4.69) is 20.4 Å². The zero-order valence-electron chi connectivity index (χ0n) is 13.6. The van der Waals surface area contributed by atoms with Crippen LogP contribution in [0.15, 0.2) is 35.4 Å². The van der Waals surface area contributed by atoms with Crippen molar-refractivity contribution in [3.63, 3.8) is 0 Å². The molecule has 0 atom stereocenters. The molecule has 1 aromatic carbocycles. The van der Waals surface area contributed by atoms with Crippen molar-refractivity contribution in [2.45, 2.75) is 33.9 Å². The smallest absolute Gasteiger partial charge is 0.387 e. The normalized spacial score (nSPS) is 11.7. The van der Waals surface area contributed by atoms with Gasteiger partial charge in [-0.25, -0.2) is 5.43 Å². The first-order valence-electron chi connectivity index (χ1n) is 7.25. The fourth-order valence-corrected chi connectivity index (χ4v) is 2.18. The molecule has 1 N–H and O–H groups in total. The predicted octanol–water partition coefficient (Wildman–Crippen LogP) is 2.64. The lowest BCUT2D eigenvalue weighted by molar-refractivity contribution is -0.121. The Morgan fingerprint density at radius 1 is 1.38 bits per heavy atom. The van der Waals surface area contributed by atoms with E-state index in [0.29, 0.717) is 11.3 Å². The highest BCUT2D eigenvalue weighted by Gasteiger charge is 2.12. The van der Waals surface area contributed by atoms with Crippen LogP contribution >= 0.6 is 0 Å². The van der Waals surface area contributed by atoms with Gasteiger partial charge in [-0.15, -0.1) is 0 Å². The summed E-state index contributed by atoms with van der Waals surface area (Å²) in [4.78, 5) is 11.9. The van der Waals surface area contributed by atoms with E-state index in [1.165, 1.54) is 6.07 Å². The van der Waals surface area contributed by atoms with E-state index < -0.39 is 6.61 Å². The zero-order chi connectivity index (χ0) is 17.7. The molecule has 0 fully saturated rings. The third-order valence-corrected chi connectivity index (χ3v) is 3.24. The molecule has 2 aromatic rings. The van der Waals surface area contributed by atoms with Gasteiger partial charge in [0.25, 0.3) is 5.91 Å². The molecule has 0 aliphatic heterocycles. The van der Waals surface area contributed by atoms with Crippen LogP contribution in [0.4, 0.5) is 8.78 Å². The number of carbonyl (C=O) groups is 1. The molecule has 24 heavy (non-hydrogen) atoms. The number of aryl methyl sites for hydroxylation is 2. The van der Waals surface area contributed by atoms with Crippen molar-refractivity contribution >= 4 is 11.6 Å². The summed E-state index contributed by atoms with van der Waals surface area (Å²) in [5, 5.41) is 8.13. The lowest BCUT2D eigenvalue weighted by Gasteiger charge is -2.10. The quantitative estimate of drug-likeness (QED) is 0.651. The molecule has 2 rings (SSSR count). The summed E-state index contributed by atoms with van der Waals surface area (Å²) in [6.07, 6.45) is 0. The van der Waals surface area contributed by atoms with Crippen LogP contribution in [0.5, 0.6) is 5.75 Å². The average molecular weight is 336 g/mol. The van der Waals surface area contributed by atoms with Gasteiger partial charge in [0.05, 0.1) is 11.4 Å². The Morgan fingerprint density at radius 3 is 2.71 bits per heavy atom. The third kappa shape index (κ3) is 4.61. The first kappa shape index (κ1) is 17.6. The van der Waals surface area contributed by atoms with Crippen molar-refractivity contribution in [1.82, 2.24) is 15.2 Å². The summed E-state index contributed by atoms with van der Waals surface area (Å²) in [6.45, 7) is 2.37. The Balaban J connectivity index is 2.06. The van der Waals surface area contributed by atoms with E-state index in [0.717, 1.165) is 11.4 Å². The van der Waals surface area contributed by atoms with Crippen LogP contribution in [0.1, 0.15) is 23.9 Å². The van der Waals surface area contributed by atoms with Gasteiger partial charge in [-0.3, -0.25) is 9.48 Å². The number of hydrazone groups is 1. The fraction of sp³-hybridized carbons (Fsp3) is 0.312. The molecule has 0 saturated heterocycles. The molecule has 0 unspecified atom stereocenters. The average Bonchev–Trinajstić information content (AvgIpc) is 2.82. The SMILES string of the molecule is C/C(=N\NC(=O)Cn1nc(C)cc1C)c1ccccc1OC(F)F. The summed E-state index contributed by atoms with van der Waals surface area (Å²) in [5.41, 5.74) is 4.80. The van der Waals surface area contributed by atoms with Crippen LogP contribution in [0.2, 0.25) is 0 Å². The second-order valence-corrected chi connectivity index (χ2v) is 5.19. The Morgan fingerprint density at radius 2 is 2.08 bits per heavy atom. The van der Waals surface area contributed by atoms with Crippen molar-refractivity contribution in [3.05, 3.63) is 47.3 Å². The lowest BCUT2D eigenvalue weighted by Crippen LogP contribution is -2.25. The third-order valence-electron chi connectivity index (χ3n) is 3.24. The number of rotatable bonds is 6. The Bertz CT molecular complexity index is 756. The van der Waals surface area contributed by atoms with Crippen molar-refractivity contribution in [2.24, 2.45) is 5.10 Å². The first-order chi connectivity index (χ1) is 11.4. The predicted molar refractivity (Wildman–Crippen MR) is 85.1 cm³/mol. The van der Waals surface area contributed by atoms with Crippen LogP contribution in [-0.2, 0) is 11.3 Å².